The Morgan fingerprint density at radius 1 is 1.02 bits per heavy atom. The molecule has 2 N–H and O–H groups in total. The van der Waals surface area contributed by atoms with Crippen LogP contribution in [0.4, 0.5) is 0 Å². The van der Waals surface area contributed by atoms with Crippen LogP contribution < -0.4 is 10.6 Å². The number of hydrogen-bond donors (Lipinski definition) is 2. The second kappa shape index (κ2) is 13.5. The van der Waals surface area contributed by atoms with Crippen LogP contribution in [0, 0.1) is 18.8 Å². The fourth-order valence-corrected chi connectivity index (χ4v) is 5.06. The molecule has 3 heterocycles. The molecule has 3 atom stereocenters. The molecular formula is C31H38N6O5. The summed E-state index contributed by atoms with van der Waals surface area (Å²) < 4.78 is 5.34. The van der Waals surface area contributed by atoms with Crippen LogP contribution in [-0.4, -0.2) is 68.2 Å². The van der Waals surface area contributed by atoms with E-state index in [0.717, 1.165) is 11.1 Å². The van der Waals surface area contributed by atoms with E-state index >= 15 is 0 Å². The number of aryl methyl sites for hydroxylation is 1. The highest BCUT2D eigenvalue weighted by atomic mass is 16.5. The standard InChI is InChI=1S/C31H38N6O5/c1-18(2)25(27(38)28-33-24(42-36-28)16-21-10-6-9-20(5)15-21)34-30(40)23-12-8-14-37(23)31(41)26(19(3)4)35-29(39)22-11-7-13-32-17-22/h6-7,9-11,13,15,17-19,23,25-26H,8,12,14,16H2,1-5H3,(H,34,40)(H,35,39)/t23-,25-,26-/m0/s1. The van der Waals surface area contributed by atoms with E-state index in [1.165, 1.54) is 11.1 Å². The zero-order valence-electron chi connectivity index (χ0n) is 24.7. The number of nitrogens with one attached hydrogen (secondary N) is 2. The number of ketones is 1. The number of benzene rings is 1. The Morgan fingerprint density at radius 2 is 1.79 bits per heavy atom. The van der Waals surface area contributed by atoms with Crippen LogP contribution in [0.5, 0.6) is 0 Å². The topological polar surface area (TPSA) is 147 Å². The molecule has 1 aliphatic heterocycles. The number of rotatable bonds is 11. The normalized spacial score (nSPS) is 16.4. The lowest BCUT2D eigenvalue weighted by Gasteiger charge is -2.31. The molecule has 2 aromatic heterocycles. The van der Waals surface area contributed by atoms with Gasteiger partial charge in [-0.1, -0.05) is 62.7 Å². The molecule has 42 heavy (non-hydrogen) atoms. The SMILES string of the molecule is Cc1cccc(Cc2nc(C(=O)[C@@H](NC(=O)[C@@H]3CCCN3C(=O)[C@@H](NC(=O)c3cccnc3)C(C)C)C(C)C)no2)c1. The Kier molecular flexibility index (Phi) is 9.82. The highest BCUT2D eigenvalue weighted by Gasteiger charge is 2.40. The number of carbonyl (C=O) groups is 4. The predicted molar refractivity (Wildman–Crippen MR) is 154 cm³/mol. The number of carbonyl (C=O) groups excluding carboxylic acids is 4. The van der Waals surface area contributed by atoms with Crippen LogP contribution in [-0.2, 0) is 16.0 Å². The van der Waals surface area contributed by atoms with Crippen molar-refractivity contribution in [2.45, 2.75) is 72.0 Å². The molecule has 0 unspecified atom stereocenters. The molecule has 0 saturated carbocycles. The van der Waals surface area contributed by atoms with Gasteiger partial charge < -0.3 is 20.1 Å². The average molecular weight is 575 g/mol. The number of likely N-dealkylation sites (tertiary alicyclic amines) is 1. The lowest BCUT2D eigenvalue weighted by molar-refractivity contribution is -0.140. The van der Waals surface area contributed by atoms with E-state index in [4.69, 9.17) is 4.52 Å². The lowest BCUT2D eigenvalue weighted by atomic mass is 9.98. The number of nitrogens with zero attached hydrogens (tertiary/aromatic N) is 4. The zero-order chi connectivity index (χ0) is 30.4. The maximum absolute atomic E-state index is 13.6. The Balaban J connectivity index is 1.44. The minimum Gasteiger partial charge on any atom is -0.344 e. The van der Waals surface area contributed by atoms with E-state index < -0.39 is 35.7 Å². The summed E-state index contributed by atoms with van der Waals surface area (Å²) in [6, 6.07) is 8.62. The molecule has 0 spiro atoms. The van der Waals surface area contributed by atoms with Crippen molar-refractivity contribution in [3.8, 4) is 0 Å². The van der Waals surface area contributed by atoms with Gasteiger partial charge in [0.15, 0.2) is 0 Å². The highest BCUT2D eigenvalue weighted by molar-refractivity contribution is 6.01. The second-order valence-electron chi connectivity index (χ2n) is 11.4. The number of amides is 3. The Hall–Kier alpha value is -4.41. The summed E-state index contributed by atoms with van der Waals surface area (Å²) in [6.45, 7) is 9.67. The molecule has 1 saturated heterocycles. The summed E-state index contributed by atoms with van der Waals surface area (Å²) in [5.74, 6) is -1.94. The van der Waals surface area contributed by atoms with Gasteiger partial charge in [-0.25, -0.2) is 0 Å². The van der Waals surface area contributed by atoms with Gasteiger partial charge in [0.25, 0.3) is 5.91 Å². The molecule has 3 amide bonds. The molecule has 222 valence electrons. The maximum Gasteiger partial charge on any atom is 0.253 e. The van der Waals surface area contributed by atoms with Crippen molar-refractivity contribution >= 4 is 23.5 Å². The molecular weight excluding hydrogens is 536 g/mol. The van der Waals surface area contributed by atoms with E-state index in [1.807, 2.05) is 58.9 Å². The summed E-state index contributed by atoms with van der Waals surface area (Å²) in [4.78, 5) is 63.1. The average Bonchev–Trinajstić information content (AvgIpc) is 3.64. The molecule has 11 heteroatoms. The predicted octanol–water partition coefficient (Wildman–Crippen LogP) is 3.13. The quantitative estimate of drug-likeness (QED) is 0.332. The van der Waals surface area contributed by atoms with Crippen LogP contribution in [0.2, 0.25) is 0 Å². The monoisotopic (exact) mass is 574 g/mol. The van der Waals surface area contributed by atoms with Crippen molar-refractivity contribution in [3.63, 3.8) is 0 Å². The summed E-state index contributed by atoms with van der Waals surface area (Å²) in [7, 11) is 0. The summed E-state index contributed by atoms with van der Waals surface area (Å²) in [6.07, 6.45) is 4.45. The molecule has 1 aliphatic rings. The number of hydrogen-bond acceptors (Lipinski definition) is 8. The van der Waals surface area contributed by atoms with Gasteiger partial charge in [-0.05, 0) is 49.3 Å². The van der Waals surface area contributed by atoms with Crippen molar-refractivity contribution in [3.05, 3.63) is 77.2 Å². The van der Waals surface area contributed by atoms with E-state index in [9.17, 15) is 19.2 Å². The lowest BCUT2D eigenvalue weighted by Crippen LogP contribution is -2.57. The Bertz CT molecular complexity index is 1420. The third kappa shape index (κ3) is 7.26. The van der Waals surface area contributed by atoms with Crippen LogP contribution in [0.1, 0.15) is 78.5 Å². The van der Waals surface area contributed by atoms with Crippen LogP contribution >= 0.6 is 0 Å². The number of pyridine rings is 1. The van der Waals surface area contributed by atoms with Gasteiger partial charge in [-0.3, -0.25) is 24.2 Å². The smallest absolute Gasteiger partial charge is 0.253 e. The second-order valence-corrected chi connectivity index (χ2v) is 11.4. The van der Waals surface area contributed by atoms with Crippen LogP contribution in [0.3, 0.4) is 0 Å². The molecule has 4 rings (SSSR count). The fourth-order valence-electron chi connectivity index (χ4n) is 5.06. The van der Waals surface area contributed by atoms with Crippen molar-refractivity contribution in [2.75, 3.05) is 6.54 Å². The van der Waals surface area contributed by atoms with Gasteiger partial charge >= 0.3 is 0 Å². The first-order chi connectivity index (χ1) is 20.0. The molecule has 0 bridgehead atoms. The van der Waals surface area contributed by atoms with Gasteiger partial charge in [0.1, 0.15) is 12.1 Å². The maximum atomic E-state index is 13.6. The van der Waals surface area contributed by atoms with Crippen LogP contribution in [0.15, 0.2) is 53.3 Å². The van der Waals surface area contributed by atoms with Crippen LogP contribution in [0.25, 0.3) is 0 Å². The first-order valence-corrected chi connectivity index (χ1v) is 14.3. The van der Waals surface area contributed by atoms with Gasteiger partial charge in [0.05, 0.1) is 18.0 Å². The summed E-state index contributed by atoms with van der Waals surface area (Å²) in [5.41, 5.74) is 2.42. The first-order valence-electron chi connectivity index (χ1n) is 14.3. The minimum absolute atomic E-state index is 0.103. The van der Waals surface area contributed by atoms with E-state index in [1.54, 1.807) is 18.3 Å². The molecule has 1 aromatic carbocycles. The van der Waals surface area contributed by atoms with Gasteiger partial charge in [0.2, 0.25) is 29.3 Å². The molecule has 0 radical (unpaired) electrons. The zero-order valence-corrected chi connectivity index (χ0v) is 24.7. The van der Waals surface area contributed by atoms with Crippen molar-refractivity contribution in [2.24, 2.45) is 11.8 Å². The number of aromatic nitrogens is 3. The molecule has 11 nitrogen and oxygen atoms in total. The highest BCUT2D eigenvalue weighted by Crippen LogP contribution is 2.22. The third-order valence-corrected chi connectivity index (χ3v) is 7.35. The largest absolute Gasteiger partial charge is 0.344 e. The third-order valence-electron chi connectivity index (χ3n) is 7.35. The van der Waals surface area contributed by atoms with Crippen molar-refractivity contribution in [1.29, 1.82) is 0 Å². The molecule has 1 fully saturated rings. The Morgan fingerprint density at radius 3 is 2.45 bits per heavy atom. The summed E-state index contributed by atoms with van der Waals surface area (Å²) >= 11 is 0. The van der Waals surface area contributed by atoms with Crippen molar-refractivity contribution < 1.29 is 23.7 Å². The molecule has 0 aliphatic carbocycles. The van der Waals surface area contributed by atoms with Gasteiger partial charge in [-0.2, -0.15) is 4.98 Å². The van der Waals surface area contributed by atoms with E-state index in [0.29, 0.717) is 37.3 Å². The first kappa shape index (κ1) is 30.5. The fraction of sp³-hybridized carbons (Fsp3) is 0.452. The van der Waals surface area contributed by atoms with Crippen molar-refractivity contribution in [1.82, 2.24) is 30.7 Å². The molecule has 3 aromatic rings. The minimum atomic E-state index is -0.911. The number of Topliss-reactive ketones (excluding diaryl/α,β-unsaturated/α-hetero) is 1. The van der Waals surface area contributed by atoms with Gasteiger partial charge in [0, 0.05) is 18.9 Å². The Labute approximate surface area is 245 Å². The van der Waals surface area contributed by atoms with E-state index in [-0.39, 0.29) is 23.6 Å². The van der Waals surface area contributed by atoms with E-state index in [2.05, 4.69) is 25.8 Å². The van der Waals surface area contributed by atoms with Gasteiger partial charge in [-0.15, -0.1) is 0 Å². The summed E-state index contributed by atoms with van der Waals surface area (Å²) in [5, 5.41) is 9.54.